The number of nitrogens with zero attached hydrogens (tertiary/aromatic N) is 1. The van der Waals surface area contributed by atoms with Crippen molar-refractivity contribution in [1.29, 1.82) is 0 Å². The summed E-state index contributed by atoms with van der Waals surface area (Å²) in [6.07, 6.45) is 4.26. The van der Waals surface area contributed by atoms with Gasteiger partial charge in [-0.25, -0.2) is 0 Å². The quantitative estimate of drug-likeness (QED) is 0.815. The van der Waals surface area contributed by atoms with Crippen molar-refractivity contribution in [2.75, 3.05) is 18.9 Å². The summed E-state index contributed by atoms with van der Waals surface area (Å²) in [6, 6.07) is 9.32. The summed E-state index contributed by atoms with van der Waals surface area (Å²) in [5.41, 5.74) is 8.07. The maximum atomic E-state index is 5.89. The second-order valence-electron chi connectivity index (χ2n) is 5.49. The van der Waals surface area contributed by atoms with Crippen LogP contribution in [0.2, 0.25) is 0 Å². The molecule has 1 aliphatic heterocycles. The molecule has 1 saturated carbocycles. The molecule has 98 valence electrons. The first-order valence-corrected chi connectivity index (χ1v) is 6.98. The van der Waals surface area contributed by atoms with Crippen LogP contribution in [0, 0.1) is 0 Å². The second kappa shape index (κ2) is 4.90. The molecule has 0 spiro atoms. The number of anilines is 1. The first-order chi connectivity index (χ1) is 8.75. The van der Waals surface area contributed by atoms with Gasteiger partial charge in [0.05, 0.1) is 12.7 Å². The van der Waals surface area contributed by atoms with E-state index in [9.17, 15) is 0 Å². The molecule has 0 bridgehead atoms. The number of ether oxygens (including phenoxy) is 1. The van der Waals surface area contributed by atoms with Gasteiger partial charge in [0.2, 0.25) is 0 Å². The average Bonchev–Trinajstić information content (AvgIpc) is 2.86. The maximum Gasteiger partial charge on any atom is 0.0731 e. The van der Waals surface area contributed by atoms with Gasteiger partial charge in [0.25, 0.3) is 0 Å². The molecule has 1 aromatic carbocycles. The highest BCUT2D eigenvalue weighted by Gasteiger charge is 2.38. The van der Waals surface area contributed by atoms with Crippen molar-refractivity contribution in [1.82, 2.24) is 4.90 Å². The molecule has 3 unspecified atom stereocenters. The van der Waals surface area contributed by atoms with E-state index in [0.717, 1.165) is 18.8 Å². The minimum absolute atomic E-state index is 0.433. The maximum absolute atomic E-state index is 5.89. The summed E-state index contributed by atoms with van der Waals surface area (Å²) in [6.45, 7) is 4.19. The topological polar surface area (TPSA) is 38.5 Å². The number of nitrogen functional groups attached to an aromatic ring is 1. The third-order valence-corrected chi connectivity index (χ3v) is 4.42. The predicted octanol–water partition coefficient (Wildman–Crippen LogP) is 2.58. The lowest BCUT2D eigenvalue weighted by molar-refractivity contribution is -0.0698. The fourth-order valence-corrected chi connectivity index (χ4v) is 3.45. The van der Waals surface area contributed by atoms with Crippen LogP contribution in [0.5, 0.6) is 0 Å². The van der Waals surface area contributed by atoms with Gasteiger partial charge in [0.15, 0.2) is 0 Å². The zero-order chi connectivity index (χ0) is 12.5. The first kappa shape index (κ1) is 12.0. The molecule has 0 radical (unpaired) electrons. The average molecular weight is 246 g/mol. The molecule has 2 N–H and O–H groups in total. The van der Waals surface area contributed by atoms with E-state index in [-0.39, 0.29) is 0 Å². The van der Waals surface area contributed by atoms with Crippen molar-refractivity contribution in [3.05, 3.63) is 29.8 Å². The third-order valence-electron chi connectivity index (χ3n) is 4.42. The van der Waals surface area contributed by atoms with Gasteiger partial charge in [-0.1, -0.05) is 12.1 Å². The number of morpholine rings is 1. The van der Waals surface area contributed by atoms with E-state index >= 15 is 0 Å². The Hall–Kier alpha value is -1.06. The number of hydrogen-bond donors (Lipinski definition) is 1. The molecule has 3 nitrogen and oxygen atoms in total. The zero-order valence-corrected chi connectivity index (χ0v) is 11.0. The highest BCUT2D eigenvalue weighted by molar-refractivity contribution is 5.41. The monoisotopic (exact) mass is 246 g/mol. The van der Waals surface area contributed by atoms with E-state index in [1.165, 1.54) is 24.8 Å². The molecule has 0 amide bonds. The third kappa shape index (κ3) is 2.13. The minimum Gasteiger partial charge on any atom is -0.399 e. The van der Waals surface area contributed by atoms with E-state index in [1.807, 2.05) is 12.1 Å². The molecular weight excluding hydrogens is 224 g/mol. The first-order valence-electron chi connectivity index (χ1n) is 6.98. The van der Waals surface area contributed by atoms with Crippen LogP contribution >= 0.6 is 0 Å². The molecule has 0 aromatic heterocycles. The Balaban J connectivity index is 1.80. The van der Waals surface area contributed by atoms with E-state index in [2.05, 4.69) is 24.0 Å². The highest BCUT2D eigenvalue weighted by atomic mass is 16.5. The van der Waals surface area contributed by atoms with E-state index < -0.39 is 0 Å². The summed E-state index contributed by atoms with van der Waals surface area (Å²) >= 11 is 0. The van der Waals surface area contributed by atoms with Gasteiger partial charge < -0.3 is 10.5 Å². The van der Waals surface area contributed by atoms with Crippen molar-refractivity contribution >= 4 is 5.69 Å². The van der Waals surface area contributed by atoms with E-state index in [0.29, 0.717) is 18.2 Å². The fraction of sp³-hybridized carbons (Fsp3) is 0.600. The summed E-state index contributed by atoms with van der Waals surface area (Å²) in [5.74, 6) is 0. The molecule has 1 heterocycles. The largest absolute Gasteiger partial charge is 0.399 e. The lowest BCUT2D eigenvalue weighted by Gasteiger charge is -2.41. The van der Waals surface area contributed by atoms with Gasteiger partial charge in [-0.15, -0.1) is 0 Å². The van der Waals surface area contributed by atoms with Crippen LogP contribution in [0.4, 0.5) is 5.69 Å². The highest BCUT2D eigenvalue weighted by Crippen LogP contribution is 2.35. The summed E-state index contributed by atoms with van der Waals surface area (Å²) < 4.78 is 5.88. The van der Waals surface area contributed by atoms with Gasteiger partial charge in [0.1, 0.15) is 0 Å². The molecule has 1 aromatic rings. The van der Waals surface area contributed by atoms with Crippen LogP contribution in [0.1, 0.15) is 37.8 Å². The Morgan fingerprint density at radius 2 is 2.28 bits per heavy atom. The van der Waals surface area contributed by atoms with Gasteiger partial charge in [-0.2, -0.15) is 0 Å². The van der Waals surface area contributed by atoms with Crippen molar-refractivity contribution in [3.8, 4) is 0 Å². The van der Waals surface area contributed by atoms with Gasteiger partial charge in [0, 0.05) is 24.3 Å². The van der Waals surface area contributed by atoms with Crippen LogP contribution in [-0.2, 0) is 4.74 Å². The molecule has 18 heavy (non-hydrogen) atoms. The number of fused-ring (bicyclic) bond motifs is 1. The van der Waals surface area contributed by atoms with Crippen molar-refractivity contribution < 1.29 is 4.74 Å². The number of hydrogen-bond acceptors (Lipinski definition) is 3. The Bertz CT molecular complexity index is 421. The lowest BCUT2D eigenvalue weighted by Crippen LogP contribution is -2.49. The van der Waals surface area contributed by atoms with Crippen molar-refractivity contribution in [3.63, 3.8) is 0 Å². The Kier molecular flexibility index (Phi) is 3.27. The Morgan fingerprint density at radius 1 is 1.39 bits per heavy atom. The van der Waals surface area contributed by atoms with Gasteiger partial charge in [-0.3, -0.25) is 4.90 Å². The smallest absolute Gasteiger partial charge is 0.0731 e. The molecule has 1 aliphatic carbocycles. The fourth-order valence-electron chi connectivity index (χ4n) is 3.45. The number of benzene rings is 1. The summed E-state index contributed by atoms with van der Waals surface area (Å²) in [4.78, 5) is 2.61. The van der Waals surface area contributed by atoms with Crippen LogP contribution < -0.4 is 5.73 Å². The van der Waals surface area contributed by atoms with Crippen LogP contribution in [0.15, 0.2) is 24.3 Å². The SMILES string of the molecule is CC(c1cccc(N)c1)N1CCOC2CCCC21. The van der Waals surface area contributed by atoms with Gasteiger partial charge in [-0.05, 0) is 43.9 Å². The molecular formula is C15H22N2O. The standard InChI is InChI=1S/C15H22N2O/c1-11(12-4-2-5-13(16)10-12)17-8-9-18-15-7-3-6-14(15)17/h2,4-5,10-11,14-15H,3,6-9,16H2,1H3. The van der Waals surface area contributed by atoms with E-state index in [4.69, 9.17) is 10.5 Å². The zero-order valence-electron chi connectivity index (χ0n) is 11.0. The number of nitrogens with two attached hydrogens (primary N) is 1. The molecule has 1 saturated heterocycles. The normalized spacial score (nSPS) is 30.1. The summed E-state index contributed by atoms with van der Waals surface area (Å²) in [7, 11) is 0. The van der Waals surface area contributed by atoms with Crippen molar-refractivity contribution in [2.24, 2.45) is 0 Å². The van der Waals surface area contributed by atoms with Crippen LogP contribution in [0.3, 0.4) is 0 Å². The lowest BCUT2D eigenvalue weighted by atomic mass is 10.0. The second-order valence-corrected chi connectivity index (χ2v) is 5.49. The molecule has 3 atom stereocenters. The molecule has 3 heteroatoms. The van der Waals surface area contributed by atoms with Crippen molar-refractivity contribution in [2.45, 2.75) is 44.4 Å². The minimum atomic E-state index is 0.433. The molecule has 2 fully saturated rings. The number of rotatable bonds is 2. The van der Waals surface area contributed by atoms with Crippen LogP contribution in [0.25, 0.3) is 0 Å². The summed E-state index contributed by atoms with van der Waals surface area (Å²) in [5, 5.41) is 0. The Morgan fingerprint density at radius 3 is 3.11 bits per heavy atom. The Labute approximate surface area is 109 Å². The predicted molar refractivity (Wildman–Crippen MR) is 73.4 cm³/mol. The van der Waals surface area contributed by atoms with E-state index in [1.54, 1.807) is 0 Å². The molecule has 3 rings (SSSR count). The van der Waals surface area contributed by atoms with Gasteiger partial charge >= 0.3 is 0 Å². The molecule has 2 aliphatic rings. The van der Waals surface area contributed by atoms with Crippen LogP contribution in [-0.4, -0.2) is 30.2 Å².